The van der Waals surface area contributed by atoms with Gasteiger partial charge >= 0.3 is 15.6 Å². The van der Waals surface area contributed by atoms with Crippen molar-refractivity contribution in [2.45, 2.75) is 79.1 Å². The van der Waals surface area contributed by atoms with Crippen LogP contribution in [0, 0.1) is 10.8 Å². The maximum Gasteiger partial charge on any atom is 0.469 e. The molecule has 0 atom stereocenters. The molecule has 0 rings (SSSR count). The van der Waals surface area contributed by atoms with Gasteiger partial charge in [-0.1, -0.05) is 40.5 Å². The number of phosphoric acid groups is 2. The molecule has 0 bridgehead atoms. The van der Waals surface area contributed by atoms with E-state index in [0.717, 1.165) is 25.7 Å². The van der Waals surface area contributed by atoms with E-state index in [1.165, 1.54) is 0 Å². The summed E-state index contributed by atoms with van der Waals surface area (Å²) in [4.78, 5) is 46.9. The van der Waals surface area contributed by atoms with Crippen LogP contribution < -0.4 is 0 Å². The van der Waals surface area contributed by atoms with Crippen molar-refractivity contribution in [1.82, 2.24) is 0 Å². The summed E-state index contributed by atoms with van der Waals surface area (Å²) in [6.07, 6.45) is 5.34. The third-order valence-corrected chi connectivity index (χ3v) is 5.30. The highest BCUT2D eigenvalue weighted by Crippen LogP contribution is 2.40. The molecule has 0 aromatic rings. The predicted octanol–water partition coefficient (Wildman–Crippen LogP) is 4.19. The van der Waals surface area contributed by atoms with E-state index in [-0.39, 0.29) is 31.3 Å². The summed E-state index contributed by atoms with van der Waals surface area (Å²) >= 11 is 0. The van der Waals surface area contributed by atoms with Crippen LogP contribution in [0.15, 0.2) is 0 Å². The zero-order chi connectivity index (χ0) is 22.1. The van der Waals surface area contributed by atoms with Crippen LogP contribution in [0.4, 0.5) is 0 Å². The second-order valence-corrected chi connectivity index (χ2v) is 11.3. The molecule has 0 aromatic carbocycles. The Hall–Kier alpha value is -0.110. The summed E-state index contributed by atoms with van der Waals surface area (Å²) in [5.41, 5.74) is -0.740. The lowest BCUT2D eigenvalue weighted by atomic mass is 9.87. The molecule has 0 unspecified atom stereocenters. The lowest BCUT2D eigenvalue weighted by molar-refractivity contribution is -0.119. The Kier molecular flexibility index (Phi) is 11.9. The molecule has 170 valence electrons. The van der Waals surface area contributed by atoms with E-state index in [4.69, 9.17) is 19.6 Å². The van der Waals surface area contributed by atoms with Crippen LogP contribution in [0.25, 0.3) is 0 Å². The molecular formula is C17H38O9P2. The highest BCUT2D eigenvalue weighted by atomic mass is 31.2. The van der Waals surface area contributed by atoms with E-state index >= 15 is 0 Å². The van der Waals surface area contributed by atoms with Crippen molar-refractivity contribution < 1.29 is 44.0 Å². The minimum Gasteiger partial charge on any atom is -0.303 e. The molecule has 4 N–H and O–H groups in total. The van der Waals surface area contributed by atoms with E-state index in [2.05, 4.69) is 9.05 Å². The normalized spacial score (nSPS) is 13.7. The molecule has 11 heteroatoms. The number of hydrogen-bond donors (Lipinski definition) is 4. The van der Waals surface area contributed by atoms with Gasteiger partial charge in [-0.25, -0.2) is 9.13 Å². The molecule has 0 saturated heterocycles. The SMILES string of the molecule is CC(C)(CCCCC(=O)CCCCC(C)(C)COP(=O)(O)O)COP(=O)(O)O.[2HH]. The number of carbonyl (C=O) groups is 1. The first-order valence-corrected chi connectivity index (χ1v) is 12.5. The summed E-state index contributed by atoms with van der Waals surface area (Å²) in [7, 11) is -8.92. The van der Waals surface area contributed by atoms with Crippen LogP contribution in [0.2, 0.25) is 0 Å². The minimum atomic E-state index is -4.46. The van der Waals surface area contributed by atoms with E-state index in [0.29, 0.717) is 25.7 Å². The third kappa shape index (κ3) is 18.0. The molecule has 0 saturated carbocycles. The number of hydrogen-bond acceptors (Lipinski definition) is 5. The summed E-state index contributed by atoms with van der Waals surface area (Å²) < 4.78 is 30.6. The highest BCUT2D eigenvalue weighted by Gasteiger charge is 2.25. The summed E-state index contributed by atoms with van der Waals surface area (Å²) in [5, 5.41) is 0. The van der Waals surface area contributed by atoms with Gasteiger partial charge in [0.15, 0.2) is 0 Å². The van der Waals surface area contributed by atoms with Gasteiger partial charge in [-0.2, -0.15) is 0 Å². The van der Waals surface area contributed by atoms with Crippen molar-refractivity contribution in [3.8, 4) is 0 Å². The van der Waals surface area contributed by atoms with Crippen LogP contribution in [-0.2, 0) is 23.0 Å². The topological polar surface area (TPSA) is 151 Å². The van der Waals surface area contributed by atoms with Crippen molar-refractivity contribution in [3.63, 3.8) is 0 Å². The van der Waals surface area contributed by atoms with Gasteiger partial charge in [-0.15, -0.1) is 0 Å². The highest BCUT2D eigenvalue weighted by molar-refractivity contribution is 7.46. The van der Waals surface area contributed by atoms with Crippen molar-refractivity contribution in [3.05, 3.63) is 0 Å². The summed E-state index contributed by atoms with van der Waals surface area (Å²) in [5.74, 6) is 0.175. The molecular weight excluding hydrogens is 410 g/mol. The van der Waals surface area contributed by atoms with Gasteiger partial charge < -0.3 is 19.6 Å². The van der Waals surface area contributed by atoms with Crippen molar-refractivity contribution in [2.24, 2.45) is 10.8 Å². The zero-order valence-electron chi connectivity index (χ0n) is 17.3. The molecule has 9 nitrogen and oxygen atoms in total. The number of phosphoric ester groups is 2. The Balaban J connectivity index is 0. The van der Waals surface area contributed by atoms with E-state index in [1.54, 1.807) is 0 Å². The minimum absolute atomic E-state index is 0. The van der Waals surface area contributed by atoms with Gasteiger partial charge in [0, 0.05) is 14.3 Å². The summed E-state index contributed by atoms with van der Waals surface area (Å²) in [6, 6.07) is 0. The van der Waals surface area contributed by atoms with Crippen LogP contribution >= 0.6 is 15.6 Å². The molecule has 0 radical (unpaired) electrons. The van der Waals surface area contributed by atoms with Crippen LogP contribution in [0.3, 0.4) is 0 Å². The zero-order valence-corrected chi connectivity index (χ0v) is 19.1. The van der Waals surface area contributed by atoms with Crippen molar-refractivity contribution in [1.29, 1.82) is 0 Å². The van der Waals surface area contributed by atoms with Gasteiger partial charge in [0.25, 0.3) is 0 Å². The standard InChI is InChI=1S/C17H36O9P2.H2/c1-16(2,13-25-27(19,20)21)11-7-5-9-15(18)10-6-8-12-17(3,4)14-26-28(22,23)24;/h5-14H2,1-4H3,(H2,19,20,21)(H2,22,23,24);1H/i;1+1. The average Bonchev–Trinajstić information content (AvgIpc) is 2.51. The first-order chi connectivity index (χ1) is 12.5. The van der Waals surface area contributed by atoms with E-state index in [9.17, 15) is 13.9 Å². The quantitative estimate of drug-likeness (QED) is 0.201. The van der Waals surface area contributed by atoms with Crippen molar-refractivity contribution in [2.75, 3.05) is 13.2 Å². The molecule has 0 fully saturated rings. The van der Waals surface area contributed by atoms with Crippen LogP contribution in [-0.4, -0.2) is 38.6 Å². The molecule has 0 spiro atoms. The monoisotopic (exact) mass is 449 g/mol. The predicted molar refractivity (Wildman–Crippen MR) is 108 cm³/mol. The lowest BCUT2D eigenvalue weighted by Gasteiger charge is -2.24. The van der Waals surface area contributed by atoms with Gasteiger partial charge in [0.2, 0.25) is 0 Å². The number of ketones is 1. The molecule has 28 heavy (non-hydrogen) atoms. The van der Waals surface area contributed by atoms with Crippen LogP contribution in [0.1, 0.15) is 80.5 Å². The first kappa shape index (κ1) is 27.9. The third-order valence-electron chi connectivity index (χ3n) is 4.37. The smallest absolute Gasteiger partial charge is 0.303 e. The molecule has 0 aliphatic rings. The fraction of sp³-hybridized carbons (Fsp3) is 0.941. The second kappa shape index (κ2) is 11.9. The second-order valence-electron chi connectivity index (χ2n) is 8.81. The first-order valence-electron chi connectivity index (χ1n) is 9.43. The largest absolute Gasteiger partial charge is 0.469 e. The number of carbonyl (C=O) groups excluding carboxylic acids is 1. The van der Waals surface area contributed by atoms with E-state index < -0.39 is 15.6 Å². The number of Topliss-reactive ketones (excluding diaryl/α,β-unsaturated/α-hetero) is 1. The Bertz CT molecular complexity index is 521. The Morgan fingerprint density at radius 1 is 0.750 bits per heavy atom. The molecule has 0 aromatic heterocycles. The summed E-state index contributed by atoms with van der Waals surface area (Å²) in [6.45, 7) is 7.38. The molecule has 0 aliphatic heterocycles. The van der Waals surface area contributed by atoms with Crippen molar-refractivity contribution >= 4 is 21.4 Å². The number of rotatable bonds is 16. The fourth-order valence-corrected chi connectivity index (χ4v) is 3.67. The average molecular weight is 449 g/mol. The Labute approximate surface area is 169 Å². The van der Waals surface area contributed by atoms with Gasteiger partial charge in [0.05, 0.1) is 13.2 Å². The molecule has 0 amide bonds. The fourth-order valence-electron chi connectivity index (χ4n) is 2.64. The Morgan fingerprint density at radius 2 is 1.07 bits per heavy atom. The lowest BCUT2D eigenvalue weighted by Crippen LogP contribution is -2.19. The Morgan fingerprint density at radius 3 is 1.36 bits per heavy atom. The van der Waals surface area contributed by atoms with Gasteiger partial charge in [-0.3, -0.25) is 13.8 Å². The molecule has 0 aliphatic carbocycles. The maximum atomic E-state index is 12.0. The maximum absolute atomic E-state index is 12.0. The van der Waals surface area contributed by atoms with Gasteiger partial charge in [-0.05, 0) is 36.5 Å². The number of unbranched alkanes of at least 4 members (excludes halogenated alkanes) is 2. The molecule has 0 heterocycles. The van der Waals surface area contributed by atoms with E-state index in [1.807, 2.05) is 27.7 Å². The van der Waals surface area contributed by atoms with Gasteiger partial charge in [0.1, 0.15) is 5.78 Å². The van der Waals surface area contributed by atoms with Crippen LogP contribution in [0.5, 0.6) is 0 Å².